The van der Waals surface area contributed by atoms with E-state index in [1.165, 1.54) is 12.1 Å². The van der Waals surface area contributed by atoms with Gasteiger partial charge in [-0.25, -0.2) is 4.39 Å². The fourth-order valence-corrected chi connectivity index (χ4v) is 2.86. The molecular formula is C15H16ClFN4O. The monoisotopic (exact) mass is 322 g/mol. The third-order valence-electron chi connectivity index (χ3n) is 3.76. The van der Waals surface area contributed by atoms with Gasteiger partial charge in [-0.3, -0.25) is 4.79 Å². The van der Waals surface area contributed by atoms with Crippen molar-refractivity contribution in [1.82, 2.24) is 20.1 Å². The van der Waals surface area contributed by atoms with Gasteiger partial charge >= 0.3 is 0 Å². The van der Waals surface area contributed by atoms with E-state index in [-0.39, 0.29) is 22.9 Å². The Morgan fingerprint density at radius 2 is 2.27 bits per heavy atom. The van der Waals surface area contributed by atoms with E-state index in [4.69, 9.17) is 11.6 Å². The molecule has 2 heterocycles. The molecule has 0 saturated heterocycles. The van der Waals surface area contributed by atoms with Gasteiger partial charge < -0.3 is 9.88 Å². The molecule has 5 nitrogen and oxygen atoms in total. The molecule has 1 amide bonds. The maximum Gasteiger partial charge on any atom is 0.224 e. The molecule has 116 valence electrons. The molecule has 0 saturated carbocycles. The fourth-order valence-electron chi connectivity index (χ4n) is 2.63. The van der Waals surface area contributed by atoms with Crippen LogP contribution in [0.3, 0.4) is 0 Å². The Kier molecular flexibility index (Phi) is 4.38. The Bertz CT molecular complexity index is 681. The number of aryl methyl sites for hydroxylation is 1. The van der Waals surface area contributed by atoms with Crippen LogP contribution in [0, 0.1) is 5.82 Å². The van der Waals surface area contributed by atoms with Crippen LogP contribution in [0.4, 0.5) is 4.39 Å². The summed E-state index contributed by atoms with van der Waals surface area (Å²) in [5.41, 5.74) is 0.227. The van der Waals surface area contributed by atoms with Gasteiger partial charge in [-0.05, 0) is 18.6 Å². The first-order chi connectivity index (χ1) is 10.6. The zero-order chi connectivity index (χ0) is 15.5. The second-order valence-corrected chi connectivity index (χ2v) is 5.67. The number of amides is 1. The lowest BCUT2D eigenvalue weighted by atomic mass is 10.1. The highest BCUT2D eigenvalue weighted by Crippen LogP contribution is 2.19. The zero-order valence-corrected chi connectivity index (χ0v) is 12.7. The number of benzene rings is 1. The number of hydrogen-bond acceptors (Lipinski definition) is 3. The van der Waals surface area contributed by atoms with Crippen molar-refractivity contribution in [3.05, 3.63) is 46.3 Å². The molecule has 1 aliphatic rings. The van der Waals surface area contributed by atoms with Crippen LogP contribution in [-0.4, -0.2) is 27.2 Å². The lowest BCUT2D eigenvalue weighted by Crippen LogP contribution is -2.28. The quantitative estimate of drug-likeness (QED) is 0.915. The molecule has 22 heavy (non-hydrogen) atoms. The third kappa shape index (κ3) is 3.11. The molecule has 0 atom stereocenters. The summed E-state index contributed by atoms with van der Waals surface area (Å²) in [5.74, 6) is 1.18. The lowest BCUT2D eigenvalue weighted by molar-refractivity contribution is -0.120. The van der Waals surface area contributed by atoms with Crippen molar-refractivity contribution in [3.8, 4) is 0 Å². The molecule has 0 radical (unpaired) electrons. The topological polar surface area (TPSA) is 59.8 Å². The summed E-state index contributed by atoms with van der Waals surface area (Å²) in [4.78, 5) is 11.9. The van der Waals surface area contributed by atoms with Crippen molar-refractivity contribution in [2.75, 3.05) is 6.54 Å². The highest BCUT2D eigenvalue weighted by Gasteiger charge is 2.17. The molecule has 0 fully saturated rings. The first kappa shape index (κ1) is 15.0. The molecule has 1 aliphatic heterocycles. The van der Waals surface area contributed by atoms with Crippen LogP contribution in [0.5, 0.6) is 0 Å². The molecule has 0 bridgehead atoms. The van der Waals surface area contributed by atoms with Crippen molar-refractivity contribution in [3.63, 3.8) is 0 Å². The van der Waals surface area contributed by atoms with Gasteiger partial charge in [0.25, 0.3) is 0 Å². The van der Waals surface area contributed by atoms with Gasteiger partial charge in [-0.2, -0.15) is 0 Å². The Balaban J connectivity index is 1.52. The number of aromatic nitrogens is 3. The fraction of sp³-hybridized carbons (Fsp3) is 0.400. The van der Waals surface area contributed by atoms with E-state index in [2.05, 4.69) is 20.1 Å². The van der Waals surface area contributed by atoms with Crippen molar-refractivity contribution in [2.24, 2.45) is 0 Å². The standard InChI is InChI=1S/C15H16ClFN4O/c16-11-3-1-4-12(17)10(11)9-15(22)18-7-6-14-20-19-13-5-2-8-21(13)14/h1,3-4H,2,5-9H2,(H,18,22). The maximum atomic E-state index is 13.6. The van der Waals surface area contributed by atoms with E-state index in [1.807, 2.05) is 0 Å². The predicted octanol–water partition coefficient (Wildman–Crippen LogP) is 1.92. The molecule has 2 aromatic rings. The Hall–Kier alpha value is -1.95. The van der Waals surface area contributed by atoms with Crippen LogP contribution in [-0.2, 0) is 30.6 Å². The Labute approximate surface area is 132 Å². The van der Waals surface area contributed by atoms with E-state index in [1.54, 1.807) is 6.07 Å². The van der Waals surface area contributed by atoms with Gasteiger partial charge in [0.05, 0.1) is 6.42 Å². The lowest BCUT2D eigenvalue weighted by Gasteiger charge is -2.08. The van der Waals surface area contributed by atoms with Crippen molar-refractivity contribution < 1.29 is 9.18 Å². The summed E-state index contributed by atoms with van der Waals surface area (Å²) in [6.45, 7) is 1.39. The number of carbonyl (C=O) groups excluding carboxylic acids is 1. The second kappa shape index (κ2) is 6.44. The van der Waals surface area contributed by atoms with E-state index in [0.29, 0.717) is 13.0 Å². The van der Waals surface area contributed by atoms with Gasteiger partial charge in [0.2, 0.25) is 5.91 Å². The van der Waals surface area contributed by atoms with Gasteiger partial charge in [-0.1, -0.05) is 17.7 Å². The molecule has 7 heteroatoms. The number of hydrogen-bond donors (Lipinski definition) is 1. The predicted molar refractivity (Wildman–Crippen MR) is 80.2 cm³/mol. The highest BCUT2D eigenvalue weighted by molar-refractivity contribution is 6.31. The molecule has 0 aliphatic carbocycles. The molecule has 3 rings (SSSR count). The average Bonchev–Trinajstić information content (AvgIpc) is 3.08. The number of rotatable bonds is 5. The largest absolute Gasteiger partial charge is 0.355 e. The first-order valence-electron chi connectivity index (χ1n) is 7.25. The molecule has 1 N–H and O–H groups in total. The first-order valence-corrected chi connectivity index (χ1v) is 7.63. The van der Waals surface area contributed by atoms with Gasteiger partial charge in [-0.15, -0.1) is 10.2 Å². The minimum absolute atomic E-state index is 0.0660. The number of carbonyl (C=O) groups is 1. The van der Waals surface area contributed by atoms with Crippen LogP contribution in [0.25, 0.3) is 0 Å². The summed E-state index contributed by atoms with van der Waals surface area (Å²) in [5, 5.41) is 11.3. The minimum atomic E-state index is -0.460. The highest BCUT2D eigenvalue weighted by atomic mass is 35.5. The molecular weight excluding hydrogens is 307 g/mol. The van der Waals surface area contributed by atoms with Gasteiger partial charge in [0, 0.05) is 36.5 Å². The van der Waals surface area contributed by atoms with Crippen LogP contribution >= 0.6 is 11.6 Å². The molecule has 0 spiro atoms. The van der Waals surface area contributed by atoms with Crippen molar-refractivity contribution in [2.45, 2.75) is 32.2 Å². The van der Waals surface area contributed by atoms with Crippen molar-refractivity contribution >= 4 is 17.5 Å². The van der Waals surface area contributed by atoms with E-state index in [9.17, 15) is 9.18 Å². The Morgan fingerprint density at radius 3 is 3.09 bits per heavy atom. The van der Waals surface area contributed by atoms with Gasteiger partial charge in [0.15, 0.2) is 0 Å². The molecule has 1 aromatic carbocycles. The summed E-state index contributed by atoms with van der Waals surface area (Å²) >= 11 is 5.91. The van der Waals surface area contributed by atoms with Crippen LogP contribution < -0.4 is 5.32 Å². The molecule has 1 aromatic heterocycles. The average molecular weight is 323 g/mol. The van der Waals surface area contributed by atoms with E-state index >= 15 is 0 Å². The van der Waals surface area contributed by atoms with Crippen LogP contribution in [0.1, 0.15) is 23.6 Å². The third-order valence-corrected chi connectivity index (χ3v) is 4.11. The maximum absolute atomic E-state index is 13.6. The summed E-state index contributed by atoms with van der Waals surface area (Å²) in [7, 11) is 0. The summed E-state index contributed by atoms with van der Waals surface area (Å²) in [6.07, 6.45) is 2.61. The SMILES string of the molecule is O=C(Cc1c(F)cccc1Cl)NCCc1nnc2n1CCC2. The van der Waals surface area contributed by atoms with Crippen LogP contribution in [0.15, 0.2) is 18.2 Å². The molecule has 0 unspecified atom stereocenters. The van der Waals surface area contributed by atoms with E-state index < -0.39 is 5.82 Å². The summed E-state index contributed by atoms with van der Waals surface area (Å²) in [6, 6.07) is 4.39. The zero-order valence-electron chi connectivity index (χ0n) is 12.0. The number of nitrogens with zero attached hydrogens (tertiary/aromatic N) is 3. The van der Waals surface area contributed by atoms with Gasteiger partial charge in [0.1, 0.15) is 17.5 Å². The summed E-state index contributed by atoms with van der Waals surface area (Å²) < 4.78 is 15.7. The van der Waals surface area contributed by atoms with E-state index in [0.717, 1.165) is 31.0 Å². The van der Waals surface area contributed by atoms with Crippen molar-refractivity contribution in [1.29, 1.82) is 0 Å². The normalized spacial score (nSPS) is 13.2. The number of halogens is 2. The minimum Gasteiger partial charge on any atom is -0.355 e. The number of fused-ring (bicyclic) bond motifs is 1. The Morgan fingerprint density at radius 1 is 1.41 bits per heavy atom. The second-order valence-electron chi connectivity index (χ2n) is 5.26. The van der Waals surface area contributed by atoms with Crippen LogP contribution in [0.2, 0.25) is 5.02 Å². The number of nitrogens with one attached hydrogen (secondary N) is 1. The smallest absolute Gasteiger partial charge is 0.224 e.